The number of hydrogen-bond acceptors (Lipinski definition) is 12. The van der Waals surface area contributed by atoms with Gasteiger partial charge in [0, 0.05) is 41.9 Å². The number of rotatable bonds is 24. The Morgan fingerprint density at radius 3 is 1.02 bits per heavy atom. The van der Waals surface area contributed by atoms with E-state index in [-0.39, 0.29) is 142 Å². The minimum atomic E-state index is -0.612. The third-order valence-corrected chi connectivity index (χ3v) is 24.8. The Labute approximate surface area is 635 Å². The predicted molar refractivity (Wildman–Crippen MR) is 410 cm³/mol. The molecule has 108 heavy (non-hydrogen) atoms. The van der Waals surface area contributed by atoms with Crippen LogP contribution in [0.25, 0.3) is 0 Å². The van der Waals surface area contributed by atoms with E-state index in [4.69, 9.17) is 33.2 Å². The summed E-state index contributed by atoms with van der Waals surface area (Å²) in [6.07, 6.45) is 21.5. The van der Waals surface area contributed by atoms with Gasteiger partial charge in [-0.3, -0.25) is 19.2 Å². The molecule has 0 amide bonds. The van der Waals surface area contributed by atoms with E-state index in [0.717, 1.165) is 47.6 Å². The summed E-state index contributed by atoms with van der Waals surface area (Å²) in [5.74, 6) is -2.22. The molecule has 16 atom stereocenters. The first kappa shape index (κ1) is 85.7. The van der Waals surface area contributed by atoms with E-state index in [1.165, 1.54) is 57.7 Å². The molecule has 4 fully saturated rings. The van der Waals surface area contributed by atoms with Crippen molar-refractivity contribution in [2.24, 2.45) is 71.0 Å². The fourth-order valence-electron chi connectivity index (χ4n) is 17.7. The van der Waals surface area contributed by atoms with E-state index in [1.807, 2.05) is 61.5 Å². The molecule has 586 valence electrons. The number of ether oxygens (including phenoxy) is 7. The third kappa shape index (κ3) is 17.6. The van der Waals surface area contributed by atoms with Crippen molar-refractivity contribution in [3.63, 3.8) is 0 Å². The third-order valence-electron chi connectivity index (χ3n) is 24.8. The van der Waals surface area contributed by atoms with Crippen molar-refractivity contribution in [1.29, 1.82) is 0 Å². The number of halogens is 6. The average Bonchev–Trinajstić information content (AvgIpc) is 1.54. The number of hydrogen-bond donors (Lipinski definition) is 1. The number of carbonyl (C=O) groups is 4. The van der Waals surface area contributed by atoms with Crippen LogP contribution in [0.3, 0.4) is 0 Å². The van der Waals surface area contributed by atoms with Crippen LogP contribution in [0.15, 0.2) is 152 Å². The maximum absolute atomic E-state index is 14.5. The molecule has 4 unspecified atom stereocenters. The van der Waals surface area contributed by atoms with Crippen LogP contribution in [0.2, 0.25) is 0 Å². The first-order chi connectivity index (χ1) is 50.9. The molecule has 4 aliphatic carbocycles. The molecular formula is C90H112F6O12. The van der Waals surface area contributed by atoms with Crippen molar-refractivity contribution in [3.05, 3.63) is 215 Å². The number of aryl methyl sites for hydroxylation is 1. The summed E-state index contributed by atoms with van der Waals surface area (Å²) in [6, 6.07) is 12.5. The van der Waals surface area contributed by atoms with Gasteiger partial charge in [0.1, 0.15) is 34.8 Å². The molecule has 0 bridgehead atoms. The SMILES string of the molecule is C.C=CC(C)[C@H]1C[C@]2([C@H](C)Cc3cc(F)c(CC)cc3F)OCCC2=CC1=O.C=CC(C)[C@H]1C[C@]2([C@H](C)Cc3cc(F)c(OC)cc3F)OCCC2=CC1=O.C=CC(C)[C@H]1C[C@]2([C@H](C)Cc3cc(O)c(OC)cc3F)OCCC2=CC1=O.C=CC(C)[C@H]1C[C@]2([C@H](C)Cc3ccc(OC)cc3F)OCCC2=CC1=O. The highest BCUT2D eigenvalue weighted by Crippen LogP contribution is 2.53. The van der Waals surface area contributed by atoms with Crippen molar-refractivity contribution in [2.75, 3.05) is 47.8 Å². The van der Waals surface area contributed by atoms with Crippen LogP contribution in [-0.4, -0.2) is 98.4 Å². The second kappa shape index (κ2) is 36.3. The lowest BCUT2D eigenvalue weighted by atomic mass is 9.66. The molecule has 8 aliphatic rings. The van der Waals surface area contributed by atoms with Gasteiger partial charge in [-0.15, -0.1) is 26.3 Å². The highest BCUT2D eigenvalue weighted by molar-refractivity contribution is 5.96. The lowest BCUT2D eigenvalue weighted by Crippen LogP contribution is -2.46. The molecule has 4 aliphatic heterocycles. The molecular weight excluding hydrogens is 1390 g/mol. The molecule has 0 radical (unpaired) electrons. The van der Waals surface area contributed by atoms with Gasteiger partial charge in [-0.2, -0.15) is 0 Å². The van der Waals surface area contributed by atoms with E-state index in [1.54, 1.807) is 54.7 Å². The van der Waals surface area contributed by atoms with Crippen molar-refractivity contribution in [2.45, 2.75) is 176 Å². The number of ketones is 4. The lowest BCUT2D eigenvalue weighted by Gasteiger charge is -2.42. The maximum Gasteiger partial charge on any atom is 0.165 e. The smallest absolute Gasteiger partial charge is 0.165 e. The second-order valence-corrected chi connectivity index (χ2v) is 30.8. The summed E-state index contributed by atoms with van der Waals surface area (Å²) in [6.45, 7) is 35.5. The zero-order valence-electron chi connectivity index (χ0n) is 64.3. The van der Waals surface area contributed by atoms with Crippen LogP contribution in [0, 0.1) is 106 Å². The number of carbonyl (C=O) groups excluding carboxylic acids is 4. The van der Waals surface area contributed by atoms with Gasteiger partial charge in [0.15, 0.2) is 46.2 Å². The Morgan fingerprint density at radius 1 is 0.417 bits per heavy atom. The number of allylic oxidation sites excluding steroid dienone is 8. The monoisotopic (exact) mass is 1500 g/mol. The van der Waals surface area contributed by atoms with Crippen molar-refractivity contribution < 1.29 is 83.8 Å². The summed E-state index contributed by atoms with van der Waals surface area (Å²) in [7, 11) is 4.22. The number of phenols is 1. The summed E-state index contributed by atoms with van der Waals surface area (Å²) >= 11 is 0. The first-order valence-corrected chi connectivity index (χ1v) is 37.8. The Bertz CT molecular complexity index is 3820. The quantitative estimate of drug-likeness (QED) is 0.0525. The summed E-state index contributed by atoms with van der Waals surface area (Å²) in [5.41, 5.74) is 3.90. The minimum Gasteiger partial charge on any atom is -0.504 e. The van der Waals surface area contributed by atoms with Crippen LogP contribution >= 0.6 is 0 Å². The average molecular weight is 1500 g/mol. The molecule has 4 saturated heterocycles. The highest BCUT2D eigenvalue weighted by atomic mass is 19.1. The van der Waals surface area contributed by atoms with E-state index in [9.17, 15) is 50.6 Å². The summed E-state index contributed by atoms with van der Waals surface area (Å²) < 4.78 is 126. The number of phenolic OH excluding ortho intramolecular Hbond substituents is 1. The maximum atomic E-state index is 14.5. The zero-order chi connectivity index (χ0) is 78.2. The molecule has 4 aromatic rings. The fourth-order valence-corrected chi connectivity index (χ4v) is 17.7. The van der Waals surface area contributed by atoms with Crippen LogP contribution in [0.1, 0.15) is 149 Å². The van der Waals surface area contributed by atoms with Gasteiger partial charge in [-0.05, 0) is 236 Å². The normalized spacial score (nSPS) is 26.8. The molecule has 0 saturated carbocycles. The summed E-state index contributed by atoms with van der Waals surface area (Å²) in [5, 5.41) is 10.0. The lowest BCUT2D eigenvalue weighted by molar-refractivity contribution is -0.125. The van der Waals surface area contributed by atoms with Gasteiger partial charge in [-0.25, -0.2) is 26.3 Å². The molecule has 4 aromatic carbocycles. The number of fused-ring (bicyclic) bond motifs is 4. The number of methoxy groups -OCH3 is 3. The highest BCUT2D eigenvalue weighted by Gasteiger charge is 2.55. The number of benzene rings is 4. The largest absolute Gasteiger partial charge is 0.504 e. The van der Waals surface area contributed by atoms with Crippen LogP contribution in [0.5, 0.6) is 23.0 Å². The standard InChI is InChI=1S/C23H28F2O2.C22H26F2O3.C22H27FO4.C22H27FO3.CH4/c1-5-14(3)19-13-23(18(7-8-27-23)12-22(19)26)15(4)9-17-11-20(24)16(6-2)10-21(17)25;1-5-13(2)17-12-22(16(6-7-27-22)10-20(17)25)14(3)8-15-9-19(24)21(26-4)11-18(15)23;1-5-13(2)17-12-22(16(6-7-27-22)10-19(17)24)14(3)8-15-9-20(25)21(26-4)11-18(15)23;1-5-14(2)19-13-22(17(8-9-26-22)11-21(19)24)15(3)10-16-6-7-18(25-4)12-20(16)23;/h5,10-12,14-15,19H,1,6-9,13H2,2-4H3;5,9-11,13-14,17H,1,6-8,12H2,2-4H3;5,9-11,13-14,17,25H,1,6-8,12H2,2-4H3;5-7,11-12,14-15,19H,1,8-10,13H2,2-4H3;1H4/t14?,15-,19-,23-;2*13?,14-,17-,22-;14?,15-,19-,22-;/m1111./s1. The van der Waals surface area contributed by atoms with E-state index >= 15 is 0 Å². The predicted octanol–water partition coefficient (Wildman–Crippen LogP) is 19.2. The van der Waals surface area contributed by atoms with E-state index < -0.39 is 39.9 Å². The van der Waals surface area contributed by atoms with Gasteiger partial charge in [0.2, 0.25) is 0 Å². The van der Waals surface area contributed by atoms with Crippen LogP contribution in [0.4, 0.5) is 26.3 Å². The van der Waals surface area contributed by atoms with Gasteiger partial charge < -0.3 is 38.3 Å². The van der Waals surface area contributed by atoms with Crippen molar-refractivity contribution >= 4 is 23.1 Å². The van der Waals surface area contributed by atoms with Gasteiger partial charge >= 0.3 is 0 Å². The topological polar surface area (TPSA) is 153 Å². The van der Waals surface area contributed by atoms with Gasteiger partial charge in [0.05, 0.1) is 70.2 Å². The zero-order valence-corrected chi connectivity index (χ0v) is 64.3. The fraction of sp³-hybridized carbons (Fsp3) is 0.511. The van der Waals surface area contributed by atoms with Gasteiger partial charge in [0.25, 0.3) is 0 Å². The van der Waals surface area contributed by atoms with Crippen LogP contribution in [-0.2, 0) is 70.2 Å². The first-order valence-electron chi connectivity index (χ1n) is 37.8. The van der Waals surface area contributed by atoms with Crippen molar-refractivity contribution in [3.8, 4) is 23.0 Å². The Balaban J connectivity index is 0.000000181. The molecule has 1 N–H and O–H groups in total. The molecule has 12 nitrogen and oxygen atoms in total. The van der Waals surface area contributed by atoms with Crippen LogP contribution < -0.4 is 14.2 Å². The molecule has 12 rings (SSSR count). The Hall–Kier alpha value is -7.90. The molecule has 0 aromatic heterocycles. The van der Waals surface area contributed by atoms with Gasteiger partial charge in [-0.1, -0.05) is 100 Å². The van der Waals surface area contributed by atoms with Crippen molar-refractivity contribution in [1.82, 2.24) is 0 Å². The minimum absolute atomic E-state index is 0. The van der Waals surface area contributed by atoms with E-state index in [2.05, 4.69) is 33.2 Å². The van der Waals surface area contributed by atoms with E-state index in [0.29, 0.717) is 119 Å². The number of aromatic hydroxyl groups is 1. The molecule has 18 heteroatoms. The molecule has 0 spiro atoms. The second-order valence-electron chi connectivity index (χ2n) is 30.8. The Kier molecular flexibility index (Phi) is 28.8. The summed E-state index contributed by atoms with van der Waals surface area (Å²) in [4.78, 5) is 50.1. The molecule has 4 heterocycles. The Morgan fingerprint density at radius 2 is 0.704 bits per heavy atom.